The van der Waals surface area contributed by atoms with Crippen LogP contribution in [-0.2, 0) is 4.74 Å². The van der Waals surface area contributed by atoms with Crippen LogP contribution in [0, 0.1) is 0 Å². The lowest BCUT2D eigenvalue weighted by atomic mass is 9.75. The molecule has 0 bridgehead atoms. The molecule has 1 aliphatic heterocycles. The van der Waals surface area contributed by atoms with Gasteiger partial charge in [-0.05, 0) is 66.2 Å². The lowest BCUT2D eigenvalue weighted by molar-refractivity contribution is -0.00466. The Balaban J connectivity index is 1.68. The van der Waals surface area contributed by atoms with Crippen molar-refractivity contribution in [2.75, 3.05) is 47.3 Å². The molecule has 2 fully saturated rings. The van der Waals surface area contributed by atoms with Gasteiger partial charge in [-0.25, -0.2) is 0 Å². The Labute approximate surface area is 131 Å². The van der Waals surface area contributed by atoms with Crippen molar-refractivity contribution in [2.45, 2.75) is 63.2 Å². The maximum atomic E-state index is 6.19. The van der Waals surface area contributed by atoms with Crippen LogP contribution in [0.25, 0.3) is 0 Å². The Morgan fingerprint density at radius 2 is 1.86 bits per heavy atom. The predicted octanol–water partition coefficient (Wildman–Crippen LogP) is 1.95. The fourth-order valence-electron chi connectivity index (χ4n) is 3.75. The van der Waals surface area contributed by atoms with Crippen LogP contribution in [0.1, 0.15) is 45.4 Å². The van der Waals surface area contributed by atoms with Gasteiger partial charge in [-0.1, -0.05) is 6.92 Å². The highest BCUT2D eigenvalue weighted by molar-refractivity contribution is 4.98. The molecule has 1 saturated carbocycles. The highest BCUT2D eigenvalue weighted by atomic mass is 16.5. The van der Waals surface area contributed by atoms with Crippen molar-refractivity contribution in [3.05, 3.63) is 0 Å². The summed E-state index contributed by atoms with van der Waals surface area (Å²) in [5.74, 6) is 0. The topological polar surface area (TPSA) is 27.7 Å². The van der Waals surface area contributed by atoms with Crippen molar-refractivity contribution < 1.29 is 4.74 Å². The molecule has 2 rings (SSSR count). The second kappa shape index (κ2) is 7.91. The summed E-state index contributed by atoms with van der Waals surface area (Å²) in [6.45, 7) is 6.60. The van der Waals surface area contributed by atoms with Crippen molar-refractivity contribution in [1.29, 1.82) is 0 Å². The molecule has 4 heteroatoms. The largest absolute Gasteiger partial charge is 0.372 e. The van der Waals surface area contributed by atoms with Gasteiger partial charge < -0.3 is 19.9 Å². The molecule has 1 N–H and O–H groups in total. The molecule has 0 amide bonds. The van der Waals surface area contributed by atoms with E-state index in [0.29, 0.717) is 17.7 Å². The number of hydrogen-bond donors (Lipinski definition) is 1. The first-order valence-corrected chi connectivity index (χ1v) is 8.78. The van der Waals surface area contributed by atoms with Gasteiger partial charge in [-0.3, -0.25) is 0 Å². The van der Waals surface area contributed by atoms with Crippen LogP contribution in [0.5, 0.6) is 0 Å². The minimum Gasteiger partial charge on any atom is -0.372 e. The summed E-state index contributed by atoms with van der Waals surface area (Å²) < 4.78 is 6.19. The van der Waals surface area contributed by atoms with Crippen molar-refractivity contribution in [3.8, 4) is 0 Å². The Morgan fingerprint density at radius 1 is 1.14 bits per heavy atom. The Hall–Kier alpha value is -0.160. The van der Waals surface area contributed by atoms with Gasteiger partial charge in [0.1, 0.15) is 0 Å². The average Bonchev–Trinajstić information content (AvgIpc) is 2.81. The van der Waals surface area contributed by atoms with Gasteiger partial charge in [-0.15, -0.1) is 0 Å². The highest BCUT2D eigenvalue weighted by Gasteiger charge is 2.40. The molecule has 0 spiro atoms. The second-order valence-corrected chi connectivity index (χ2v) is 7.33. The zero-order valence-electron chi connectivity index (χ0n) is 14.5. The zero-order valence-corrected chi connectivity index (χ0v) is 14.5. The summed E-state index contributed by atoms with van der Waals surface area (Å²) in [4.78, 5) is 4.92. The van der Waals surface area contributed by atoms with Gasteiger partial charge >= 0.3 is 0 Å². The van der Waals surface area contributed by atoms with Gasteiger partial charge in [-0.2, -0.15) is 0 Å². The third kappa shape index (κ3) is 4.65. The number of nitrogens with zero attached hydrogens (tertiary/aromatic N) is 2. The maximum Gasteiger partial charge on any atom is 0.0707 e. The molecule has 21 heavy (non-hydrogen) atoms. The van der Waals surface area contributed by atoms with Crippen LogP contribution in [0.3, 0.4) is 0 Å². The van der Waals surface area contributed by atoms with E-state index in [1.54, 1.807) is 0 Å². The van der Waals surface area contributed by atoms with Gasteiger partial charge in [0.05, 0.1) is 12.2 Å². The minimum atomic E-state index is 0.426. The summed E-state index contributed by atoms with van der Waals surface area (Å²) in [5, 5.41) is 3.48. The van der Waals surface area contributed by atoms with Crippen molar-refractivity contribution >= 4 is 0 Å². The standard InChI is InChI=1S/C17H35N3O/c1-5-11-18-12-15-7-8-16(21-15)13-20(4)14-17(19(2)3)9-6-10-17/h15-16,18H,5-14H2,1-4H3. The van der Waals surface area contributed by atoms with E-state index < -0.39 is 0 Å². The van der Waals surface area contributed by atoms with Crippen molar-refractivity contribution in [1.82, 2.24) is 15.1 Å². The van der Waals surface area contributed by atoms with E-state index in [1.165, 1.54) is 45.1 Å². The van der Waals surface area contributed by atoms with E-state index in [4.69, 9.17) is 4.74 Å². The first-order chi connectivity index (χ1) is 10.1. The third-order valence-electron chi connectivity index (χ3n) is 5.31. The Morgan fingerprint density at radius 3 is 2.43 bits per heavy atom. The van der Waals surface area contributed by atoms with Crippen LogP contribution >= 0.6 is 0 Å². The molecule has 1 saturated heterocycles. The summed E-state index contributed by atoms with van der Waals surface area (Å²) in [5.41, 5.74) is 0.426. The number of nitrogens with one attached hydrogen (secondary N) is 1. The fraction of sp³-hybridized carbons (Fsp3) is 1.00. The van der Waals surface area contributed by atoms with E-state index in [9.17, 15) is 0 Å². The SMILES string of the molecule is CCCNCC1CCC(CN(C)CC2(N(C)C)CCC2)O1. The van der Waals surface area contributed by atoms with E-state index >= 15 is 0 Å². The molecule has 0 aromatic carbocycles. The summed E-state index contributed by atoms with van der Waals surface area (Å²) in [6, 6.07) is 0. The van der Waals surface area contributed by atoms with Crippen LogP contribution in [0.15, 0.2) is 0 Å². The van der Waals surface area contributed by atoms with E-state index in [2.05, 4.69) is 43.2 Å². The molecular formula is C17H35N3O. The molecule has 2 aliphatic rings. The number of hydrogen-bond acceptors (Lipinski definition) is 4. The maximum absolute atomic E-state index is 6.19. The normalized spacial score (nSPS) is 28.3. The van der Waals surface area contributed by atoms with Crippen LogP contribution in [0.2, 0.25) is 0 Å². The molecular weight excluding hydrogens is 262 g/mol. The van der Waals surface area contributed by atoms with E-state index in [1.807, 2.05) is 0 Å². The monoisotopic (exact) mass is 297 g/mol. The molecule has 124 valence electrons. The summed E-state index contributed by atoms with van der Waals surface area (Å²) >= 11 is 0. The highest BCUT2D eigenvalue weighted by Crippen LogP contribution is 2.36. The molecule has 2 atom stereocenters. The molecule has 0 aromatic heterocycles. The van der Waals surface area contributed by atoms with Crippen molar-refractivity contribution in [3.63, 3.8) is 0 Å². The average molecular weight is 297 g/mol. The molecule has 1 aliphatic carbocycles. The molecule has 4 nitrogen and oxygen atoms in total. The first-order valence-electron chi connectivity index (χ1n) is 8.78. The fourth-order valence-corrected chi connectivity index (χ4v) is 3.75. The minimum absolute atomic E-state index is 0.426. The Bertz CT molecular complexity index is 304. The van der Waals surface area contributed by atoms with Crippen LogP contribution in [0.4, 0.5) is 0 Å². The Kier molecular flexibility index (Phi) is 6.48. The van der Waals surface area contributed by atoms with Gasteiger partial charge in [0, 0.05) is 25.2 Å². The van der Waals surface area contributed by atoms with Gasteiger partial charge in [0.2, 0.25) is 0 Å². The lowest BCUT2D eigenvalue weighted by Gasteiger charge is -2.49. The second-order valence-electron chi connectivity index (χ2n) is 7.33. The smallest absolute Gasteiger partial charge is 0.0707 e. The number of rotatable bonds is 9. The zero-order chi connectivity index (χ0) is 15.3. The van der Waals surface area contributed by atoms with Crippen molar-refractivity contribution in [2.24, 2.45) is 0 Å². The number of ether oxygens (including phenoxy) is 1. The quantitative estimate of drug-likeness (QED) is 0.658. The third-order valence-corrected chi connectivity index (χ3v) is 5.31. The van der Waals surface area contributed by atoms with E-state index in [0.717, 1.165) is 19.6 Å². The van der Waals surface area contributed by atoms with E-state index in [-0.39, 0.29) is 0 Å². The molecule has 0 radical (unpaired) electrons. The lowest BCUT2D eigenvalue weighted by Crippen LogP contribution is -2.57. The summed E-state index contributed by atoms with van der Waals surface area (Å²) in [6.07, 6.45) is 8.58. The number of likely N-dealkylation sites (N-methyl/N-ethyl adjacent to an activating group) is 2. The predicted molar refractivity (Wildman–Crippen MR) is 88.8 cm³/mol. The van der Waals surface area contributed by atoms with Gasteiger partial charge in [0.15, 0.2) is 0 Å². The van der Waals surface area contributed by atoms with Crippen LogP contribution in [-0.4, -0.2) is 74.9 Å². The molecule has 2 unspecified atom stereocenters. The van der Waals surface area contributed by atoms with Gasteiger partial charge in [0.25, 0.3) is 0 Å². The molecule has 0 aromatic rings. The van der Waals surface area contributed by atoms with Crippen LogP contribution < -0.4 is 5.32 Å². The summed E-state index contributed by atoms with van der Waals surface area (Å²) in [7, 11) is 6.72. The molecule has 1 heterocycles. The first kappa shape index (κ1) is 17.2.